The summed E-state index contributed by atoms with van der Waals surface area (Å²) in [5, 5.41) is 3.31. The smallest absolute Gasteiger partial charge is 0.0206 e. The van der Waals surface area contributed by atoms with Crippen molar-refractivity contribution in [2.24, 2.45) is 5.92 Å². The summed E-state index contributed by atoms with van der Waals surface area (Å²) in [5.74, 6) is 7.50. The van der Waals surface area contributed by atoms with Crippen LogP contribution in [0, 0.1) is 17.8 Å². The number of rotatable bonds is 0. The zero-order valence-corrected chi connectivity index (χ0v) is 8.81. The Morgan fingerprint density at radius 1 is 1.21 bits per heavy atom. The lowest BCUT2D eigenvalue weighted by Gasteiger charge is -2.16. The number of hydrogen-bond acceptors (Lipinski definition) is 1. The van der Waals surface area contributed by atoms with E-state index in [4.69, 9.17) is 0 Å². The second-order valence-electron chi connectivity index (χ2n) is 4.29. The fourth-order valence-electron chi connectivity index (χ4n) is 2.18. The summed E-state index contributed by atoms with van der Waals surface area (Å²) >= 11 is 0. The van der Waals surface area contributed by atoms with Gasteiger partial charge < -0.3 is 5.32 Å². The summed E-state index contributed by atoms with van der Waals surface area (Å²) in [7, 11) is 0. The molecular weight excluding hydrogens is 170 g/mol. The van der Waals surface area contributed by atoms with E-state index in [0.29, 0.717) is 5.92 Å². The Balaban J connectivity index is 1.87. The molecule has 2 rings (SSSR count). The predicted molar refractivity (Wildman–Crippen MR) is 59.9 cm³/mol. The maximum Gasteiger partial charge on any atom is 0.0206 e. The van der Waals surface area contributed by atoms with Crippen LogP contribution in [0.1, 0.15) is 38.5 Å². The molecule has 14 heavy (non-hydrogen) atoms. The lowest BCUT2D eigenvalue weighted by Crippen LogP contribution is -2.20. The van der Waals surface area contributed by atoms with E-state index in [1.165, 1.54) is 37.7 Å². The van der Waals surface area contributed by atoms with Crippen molar-refractivity contribution in [3.8, 4) is 11.8 Å². The highest BCUT2D eigenvalue weighted by Crippen LogP contribution is 2.22. The van der Waals surface area contributed by atoms with Crippen molar-refractivity contribution in [2.75, 3.05) is 13.1 Å². The molecule has 0 radical (unpaired) electrons. The maximum absolute atomic E-state index is 3.45. The topological polar surface area (TPSA) is 12.0 Å². The Hall–Kier alpha value is -0.740. The monoisotopic (exact) mass is 189 g/mol. The molecule has 0 aromatic heterocycles. The van der Waals surface area contributed by atoms with E-state index >= 15 is 0 Å². The van der Waals surface area contributed by atoms with E-state index in [1.807, 2.05) is 0 Å². The molecule has 1 heterocycles. The van der Waals surface area contributed by atoms with Gasteiger partial charge >= 0.3 is 0 Å². The largest absolute Gasteiger partial charge is 0.313 e. The highest BCUT2D eigenvalue weighted by atomic mass is 14.8. The highest BCUT2D eigenvalue weighted by Gasteiger charge is 2.10. The lowest BCUT2D eigenvalue weighted by atomic mass is 9.89. The first kappa shape index (κ1) is 9.80. The third kappa shape index (κ3) is 2.89. The first-order valence-electron chi connectivity index (χ1n) is 5.86. The third-order valence-corrected chi connectivity index (χ3v) is 3.11. The van der Waals surface area contributed by atoms with E-state index in [2.05, 4.69) is 23.2 Å². The summed E-state index contributed by atoms with van der Waals surface area (Å²) in [6, 6.07) is 0. The van der Waals surface area contributed by atoms with Crippen LogP contribution < -0.4 is 5.32 Å². The summed E-state index contributed by atoms with van der Waals surface area (Å²) in [5.41, 5.74) is 1.36. The Morgan fingerprint density at radius 2 is 2.07 bits per heavy atom. The third-order valence-electron chi connectivity index (χ3n) is 3.11. The first-order valence-corrected chi connectivity index (χ1v) is 5.86. The van der Waals surface area contributed by atoms with E-state index in [-0.39, 0.29) is 0 Å². The molecule has 1 aliphatic heterocycles. The molecule has 0 atom stereocenters. The molecule has 0 spiro atoms. The number of hydrogen-bond donors (Lipinski definition) is 1. The van der Waals surface area contributed by atoms with Crippen LogP contribution in [0.25, 0.3) is 0 Å². The average molecular weight is 189 g/mol. The molecule has 0 aromatic carbocycles. The molecule has 1 fully saturated rings. The first-order chi connectivity index (χ1) is 6.95. The van der Waals surface area contributed by atoms with Crippen LogP contribution in [0.4, 0.5) is 0 Å². The van der Waals surface area contributed by atoms with Crippen LogP contribution in [0.3, 0.4) is 0 Å². The predicted octanol–water partition coefficient (Wildman–Crippen LogP) is 2.49. The molecule has 0 bridgehead atoms. The van der Waals surface area contributed by atoms with Crippen molar-refractivity contribution in [1.29, 1.82) is 0 Å². The Bertz CT molecular complexity index is 261. The number of nitrogens with one attached hydrogen (secondary N) is 1. The molecule has 1 nitrogen and oxygen atoms in total. The lowest BCUT2D eigenvalue weighted by molar-refractivity contribution is 0.430. The van der Waals surface area contributed by atoms with Crippen molar-refractivity contribution in [2.45, 2.75) is 38.5 Å². The van der Waals surface area contributed by atoms with Crippen LogP contribution in [-0.4, -0.2) is 13.1 Å². The standard InChI is InChI=1S/C13H19N/c1-2-4-12(5-3-1)6-7-13-8-10-14-11-9-13/h8,12,14H,1-5,9-11H2. The zero-order valence-electron chi connectivity index (χ0n) is 8.81. The Kier molecular flexibility index (Phi) is 3.65. The molecule has 0 saturated heterocycles. The van der Waals surface area contributed by atoms with Crippen LogP contribution in [0.15, 0.2) is 11.6 Å². The summed E-state index contributed by atoms with van der Waals surface area (Å²) in [4.78, 5) is 0. The molecule has 0 amide bonds. The molecule has 0 aromatic rings. The van der Waals surface area contributed by atoms with Gasteiger partial charge in [0.25, 0.3) is 0 Å². The van der Waals surface area contributed by atoms with Gasteiger partial charge in [0.05, 0.1) is 0 Å². The normalized spacial score (nSPS) is 23.6. The second-order valence-corrected chi connectivity index (χ2v) is 4.29. The molecule has 1 heteroatoms. The molecule has 1 saturated carbocycles. The van der Waals surface area contributed by atoms with E-state index < -0.39 is 0 Å². The van der Waals surface area contributed by atoms with Crippen LogP contribution in [0.5, 0.6) is 0 Å². The minimum absolute atomic E-state index is 0.694. The molecule has 76 valence electrons. The van der Waals surface area contributed by atoms with Crippen molar-refractivity contribution in [3.63, 3.8) is 0 Å². The zero-order chi connectivity index (χ0) is 9.64. The van der Waals surface area contributed by atoms with Crippen LogP contribution in [0.2, 0.25) is 0 Å². The fraction of sp³-hybridized carbons (Fsp3) is 0.692. The van der Waals surface area contributed by atoms with Gasteiger partial charge in [-0.1, -0.05) is 37.2 Å². The fourth-order valence-corrected chi connectivity index (χ4v) is 2.18. The van der Waals surface area contributed by atoms with E-state index in [9.17, 15) is 0 Å². The minimum atomic E-state index is 0.694. The summed E-state index contributed by atoms with van der Waals surface area (Å²) in [6.07, 6.45) is 10.2. The van der Waals surface area contributed by atoms with Crippen LogP contribution >= 0.6 is 0 Å². The van der Waals surface area contributed by atoms with Crippen molar-refractivity contribution < 1.29 is 0 Å². The summed E-state index contributed by atoms with van der Waals surface area (Å²) < 4.78 is 0. The van der Waals surface area contributed by atoms with Crippen molar-refractivity contribution in [3.05, 3.63) is 11.6 Å². The van der Waals surface area contributed by atoms with Gasteiger partial charge in [0.15, 0.2) is 0 Å². The van der Waals surface area contributed by atoms with Gasteiger partial charge in [0.2, 0.25) is 0 Å². The van der Waals surface area contributed by atoms with Gasteiger partial charge in [0.1, 0.15) is 0 Å². The molecular formula is C13H19N. The quantitative estimate of drug-likeness (QED) is 0.577. The van der Waals surface area contributed by atoms with Gasteiger partial charge in [-0.25, -0.2) is 0 Å². The van der Waals surface area contributed by atoms with Gasteiger partial charge in [-0.3, -0.25) is 0 Å². The Labute approximate surface area is 87.0 Å². The maximum atomic E-state index is 3.45. The molecule has 0 unspecified atom stereocenters. The molecule has 2 aliphatic rings. The van der Waals surface area contributed by atoms with E-state index in [0.717, 1.165) is 19.5 Å². The van der Waals surface area contributed by atoms with Gasteiger partial charge in [-0.05, 0) is 19.3 Å². The molecule has 1 aliphatic carbocycles. The average Bonchev–Trinajstić information content (AvgIpc) is 2.29. The van der Waals surface area contributed by atoms with Crippen molar-refractivity contribution >= 4 is 0 Å². The molecule has 1 N–H and O–H groups in total. The summed E-state index contributed by atoms with van der Waals surface area (Å²) in [6.45, 7) is 2.11. The van der Waals surface area contributed by atoms with Crippen LogP contribution in [-0.2, 0) is 0 Å². The Morgan fingerprint density at radius 3 is 2.79 bits per heavy atom. The van der Waals surface area contributed by atoms with Gasteiger partial charge in [0, 0.05) is 24.6 Å². The van der Waals surface area contributed by atoms with E-state index in [1.54, 1.807) is 0 Å². The van der Waals surface area contributed by atoms with Crippen molar-refractivity contribution in [1.82, 2.24) is 5.32 Å². The second kappa shape index (κ2) is 5.22. The minimum Gasteiger partial charge on any atom is -0.313 e. The SMILES string of the molecule is C(#CC1CCCCC1)C1=CCNCC1. The van der Waals surface area contributed by atoms with Gasteiger partial charge in [-0.2, -0.15) is 0 Å². The van der Waals surface area contributed by atoms with Gasteiger partial charge in [-0.15, -0.1) is 0 Å². The highest BCUT2D eigenvalue weighted by molar-refractivity contribution is 5.31.